The monoisotopic (exact) mass is 173 g/mol. The lowest BCUT2D eigenvalue weighted by Crippen LogP contribution is -2.00. The fourth-order valence-electron chi connectivity index (χ4n) is 0.678. The molecule has 0 atom stereocenters. The zero-order valence-corrected chi connectivity index (χ0v) is 6.48. The van der Waals surface area contributed by atoms with Gasteiger partial charge in [-0.05, 0) is 6.42 Å². The molecule has 0 bridgehead atoms. The van der Waals surface area contributed by atoms with Crippen molar-refractivity contribution < 1.29 is 9.90 Å². The fourth-order valence-corrected chi connectivity index (χ4v) is 1.29. The van der Waals surface area contributed by atoms with Crippen molar-refractivity contribution in [2.24, 2.45) is 0 Å². The number of carboxylic acid groups (broad SMARTS) is 1. The Balaban J connectivity index is 2.51. The highest BCUT2D eigenvalue weighted by atomic mass is 32.1. The number of hydrogen-bond acceptors (Lipinski definition) is 3. The predicted octanol–water partition coefficient (Wildman–Crippen LogP) is 0.454. The Bertz CT molecular complexity index is 301. The first-order valence-corrected chi connectivity index (χ1v) is 3.95. The van der Waals surface area contributed by atoms with E-state index in [2.05, 4.69) is 4.98 Å². The zero-order valence-electron chi connectivity index (χ0n) is 5.66. The summed E-state index contributed by atoms with van der Waals surface area (Å²) in [5, 5.41) is 9.94. The first kappa shape index (κ1) is 8.00. The van der Waals surface area contributed by atoms with Crippen molar-refractivity contribution in [3.05, 3.63) is 20.7 Å². The van der Waals surface area contributed by atoms with Crippen molar-refractivity contribution in [3.8, 4) is 0 Å². The summed E-state index contributed by atoms with van der Waals surface area (Å²) in [6.07, 6.45) is 0.459. The molecule has 1 aromatic heterocycles. The van der Waals surface area contributed by atoms with Gasteiger partial charge in [-0.3, -0.25) is 9.59 Å². The number of hydrogen-bond donors (Lipinski definition) is 2. The van der Waals surface area contributed by atoms with Gasteiger partial charge in [0.05, 0.1) is 6.42 Å². The average Bonchev–Trinajstić information content (AvgIpc) is 2.31. The number of aliphatic carboxylic acids is 1. The molecule has 0 saturated heterocycles. The lowest BCUT2D eigenvalue weighted by atomic mass is 10.3. The van der Waals surface area contributed by atoms with Crippen LogP contribution in [0.25, 0.3) is 0 Å². The molecule has 0 unspecified atom stereocenters. The third-order valence-electron chi connectivity index (χ3n) is 1.18. The highest BCUT2D eigenvalue weighted by Gasteiger charge is 2.00. The summed E-state index contributed by atoms with van der Waals surface area (Å²) in [6, 6.07) is 0. The van der Waals surface area contributed by atoms with E-state index in [1.165, 1.54) is 0 Å². The van der Waals surface area contributed by atoms with Crippen molar-refractivity contribution >= 4 is 17.3 Å². The summed E-state index contributed by atoms with van der Waals surface area (Å²) >= 11 is 1.05. The summed E-state index contributed by atoms with van der Waals surface area (Å²) in [7, 11) is 0. The van der Waals surface area contributed by atoms with Crippen LogP contribution in [0, 0.1) is 0 Å². The fraction of sp³-hybridized carbons (Fsp3) is 0.333. The summed E-state index contributed by atoms with van der Waals surface area (Å²) in [6.45, 7) is 0. The van der Waals surface area contributed by atoms with Gasteiger partial charge in [0.2, 0.25) is 0 Å². The first-order valence-electron chi connectivity index (χ1n) is 3.07. The van der Waals surface area contributed by atoms with Crippen LogP contribution in [-0.4, -0.2) is 16.1 Å². The minimum Gasteiger partial charge on any atom is -0.481 e. The van der Waals surface area contributed by atoms with E-state index < -0.39 is 5.97 Å². The molecule has 0 amide bonds. The maximum Gasteiger partial charge on any atom is 0.304 e. The number of H-pyrrole nitrogens is 1. The molecule has 1 aromatic rings. The van der Waals surface area contributed by atoms with E-state index in [0.717, 1.165) is 11.3 Å². The van der Waals surface area contributed by atoms with Gasteiger partial charge in [-0.25, -0.2) is 0 Å². The molecule has 0 saturated carbocycles. The molecule has 2 N–H and O–H groups in total. The lowest BCUT2D eigenvalue weighted by molar-refractivity contribution is -0.136. The second-order valence-corrected chi connectivity index (χ2v) is 2.91. The minimum absolute atomic E-state index is 0.0622. The summed E-state index contributed by atoms with van der Waals surface area (Å²) < 4.78 is 0. The Morgan fingerprint density at radius 3 is 2.91 bits per heavy atom. The molecule has 4 nitrogen and oxygen atoms in total. The van der Waals surface area contributed by atoms with E-state index in [-0.39, 0.29) is 11.3 Å². The molecule has 0 spiro atoms. The van der Waals surface area contributed by atoms with Gasteiger partial charge >= 0.3 is 10.8 Å². The molecule has 0 radical (unpaired) electrons. The van der Waals surface area contributed by atoms with Crippen molar-refractivity contribution in [1.29, 1.82) is 0 Å². The number of aromatic amines is 1. The molecule has 0 aliphatic carbocycles. The summed E-state index contributed by atoms with van der Waals surface area (Å²) in [5.41, 5.74) is 0.697. The third kappa shape index (κ3) is 2.55. The zero-order chi connectivity index (χ0) is 8.27. The average molecular weight is 173 g/mol. The summed E-state index contributed by atoms with van der Waals surface area (Å²) in [5.74, 6) is -0.850. The molecule has 0 aromatic carbocycles. The van der Waals surface area contributed by atoms with Crippen LogP contribution in [0.15, 0.2) is 10.2 Å². The molecule has 0 fully saturated rings. The van der Waals surface area contributed by atoms with E-state index in [1.54, 1.807) is 5.38 Å². The Hall–Kier alpha value is -1.10. The molecular weight excluding hydrogens is 166 g/mol. The summed E-state index contributed by atoms with van der Waals surface area (Å²) in [4.78, 5) is 23.0. The van der Waals surface area contributed by atoms with Gasteiger partial charge in [-0.15, -0.1) is 0 Å². The number of rotatable bonds is 3. The lowest BCUT2D eigenvalue weighted by Gasteiger charge is -1.89. The standard InChI is InChI=1S/C6H7NO3S/c8-5(9)2-1-4-3-11-6(10)7-4/h3H,1-2H2,(H,7,10)(H,8,9). The van der Waals surface area contributed by atoms with E-state index in [0.29, 0.717) is 12.1 Å². The van der Waals surface area contributed by atoms with Crippen LogP contribution < -0.4 is 4.87 Å². The molecule has 1 rings (SSSR count). The third-order valence-corrected chi connectivity index (χ3v) is 1.90. The molecule has 5 heteroatoms. The number of carboxylic acids is 1. The van der Waals surface area contributed by atoms with Crippen molar-refractivity contribution in [2.75, 3.05) is 0 Å². The van der Waals surface area contributed by atoms with Crippen molar-refractivity contribution in [1.82, 2.24) is 4.98 Å². The number of thiazole rings is 1. The maximum atomic E-state index is 10.6. The Morgan fingerprint density at radius 1 is 1.73 bits per heavy atom. The van der Waals surface area contributed by atoms with Crippen LogP contribution in [-0.2, 0) is 11.2 Å². The molecule has 0 aliphatic rings. The van der Waals surface area contributed by atoms with Gasteiger partial charge in [-0.1, -0.05) is 11.3 Å². The predicted molar refractivity (Wildman–Crippen MR) is 40.9 cm³/mol. The van der Waals surface area contributed by atoms with Gasteiger partial charge in [0.25, 0.3) is 0 Å². The second-order valence-electron chi connectivity index (χ2n) is 2.07. The van der Waals surface area contributed by atoms with Crippen molar-refractivity contribution in [2.45, 2.75) is 12.8 Å². The largest absolute Gasteiger partial charge is 0.481 e. The Labute approximate surface area is 66.5 Å². The van der Waals surface area contributed by atoms with Crippen LogP contribution >= 0.6 is 11.3 Å². The number of carbonyl (C=O) groups is 1. The topological polar surface area (TPSA) is 70.2 Å². The van der Waals surface area contributed by atoms with E-state index in [4.69, 9.17) is 5.11 Å². The highest BCUT2D eigenvalue weighted by Crippen LogP contribution is 1.99. The molecule has 60 valence electrons. The highest BCUT2D eigenvalue weighted by molar-refractivity contribution is 7.07. The molecular formula is C6H7NO3S. The van der Waals surface area contributed by atoms with Crippen LogP contribution in [0.3, 0.4) is 0 Å². The van der Waals surface area contributed by atoms with Crippen LogP contribution in [0.5, 0.6) is 0 Å². The number of nitrogens with one attached hydrogen (secondary N) is 1. The van der Waals surface area contributed by atoms with Crippen LogP contribution in [0.4, 0.5) is 0 Å². The SMILES string of the molecule is O=C(O)CCc1csc(=O)[nH]1. The first-order chi connectivity index (χ1) is 5.18. The van der Waals surface area contributed by atoms with Gasteiger partial charge in [0.15, 0.2) is 0 Å². The molecule has 1 heterocycles. The van der Waals surface area contributed by atoms with Gasteiger partial charge < -0.3 is 10.1 Å². The van der Waals surface area contributed by atoms with Crippen LogP contribution in [0.1, 0.15) is 12.1 Å². The Kier molecular flexibility index (Phi) is 2.43. The van der Waals surface area contributed by atoms with Crippen molar-refractivity contribution in [3.63, 3.8) is 0 Å². The quantitative estimate of drug-likeness (QED) is 0.697. The van der Waals surface area contributed by atoms with E-state index in [9.17, 15) is 9.59 Å². The Morgan fingerprint density at radius 2 is 2.45 bits per heavy atom. The van der Waals surface area contributed by atoms with E-state index >= 15 is 0 Å². The maximum absolute atomic E-state index is 10.6. The minimum atomic E-state index is -0.850. The smallest absolute Gasteiger partial charge is 0.304 e. The van der Waals surface area contributed by atoms with Crippen LogP contribution in [0.2, 0.25) is 0 Å². The molecule has 0 aliphatic heterocycles. The molecule has 11 heavy (non-hydrogen) atoms. The second kappa shape index (κ2) is 3.34. The number of aryl methyl sites for hydroxylation is 1. The van der Waals surface area contributed by atoms with Gasteiger partial charge in [0, 0.05) is 11.1 Å². The van der Waals surface area contributed by atoms with E-state index in [1.807, 2.05) is 0 Å². The van der Waals surface area contributed by atoms with Gasteiger partial charge in [-0.2, -0.15) is 0 Å². The van der Waals surface area contributed by atoms with Gasteiger partial charge in [0.1, 0.15) is 0 Å². The number of aromatic nitrogens is 1. The normalized spacial score (nSPS) is 9.82.